The first kappa shape index (κ1) is 14.4. The van der Waals surface area contributed by atoms with Crippen LogP contribution in [-0.4, -0.2) is 5.91 Å². The lowest BCUT2D eigenvalue weighted by Gasteiger charge is -2.04. The number of anilines is 1. The molecule has 0 aliphatic carbocycles. The average molecular weight is 308 g/mol. The molecule has 0 atom stereocenters. The maximum atomic E-state index is 12.2. The van der Waals surface area contributed by atoms with Crippen molar-refractivity contribution in [1.82, 2.24) is 5.32 Å². The van der Waals surface area contributed by atoms with Gasteiger partial charge in [0.05, 0.1) is 4.88 Å². The van der Waals surface area contributed by atoms with Crippen molar-refractivity contribution in [1.29, 1.82) is 0 Å². The summed E-state index contributed by atoms with van der Waals surface area (Å²) in [6.45, 7) is 0.475. The predicted octanol–water partition coefficient (Wildman–Crippen LogP) is 3.93. The summed E-state index contributed by atoms with van der Waals surface area (Å²) in [6.07, 6.45) is 0. The van der Waals surface area contributed by atoms with E-state index in [1.165, 1.54) is 11.3 Å². The number of benzene rings is 2. The molecule has 4 heteroatoms. The molecule has 1 heterocycles. The van der Waals surface area contributed by atoms with Gasteiger partial charge in [0.25, 0.3) is 5.91 Å². The van der Waals surface area contributed by atoms with Crippen LogP contribution in [0, 0.1) is 0 Å². The Bertz CT molecular complexity index is 781. The monoisotopic (exact) mass is 308 g/mol. The summed E-state index contributed by atoms with van der Waals surface area (Å²) in [7, 11) is 0. The second kappa shape index (κ2) is 6.45. The Balaban J connectivity index is 1.67. The van der Waals surface area contributed by atoms with Crippen LogP contribution in [0.1, 0.15) is 15.2 Å². The summed E-state index contributed by atoms with van der Waals surface area (Å²) in [5, 5.41) is 2.92. The van der Waals surface area contributed by atoms with E-state index in [1.807, 2.05) is 66.7 Å². The molecule has 0 saturated heterocycles. The third-order valence-electron chi connectivity index (χ3n) is 3.29. The maximum absolute atomic E-state index is 12.2. The molecule has 3 rings (SSSR count). The molecule has 0 aliphatic heterocycles. The van der Waals surface area contributed by atoms with Crippen LogP contribution in [0.2, 0.25) is 0 Å². The number of carbonyl (C=O) groups is 1. The average Bonchev–Trinajstić information content (AvgIpc) is 3.04. The van der Waals surface area contributed by atoms with Crippen LogP contribution in [0.15, 0.2) is 66.7 Å². The smallest absolute Gasteiger partial charge is 0.261 e. The lowest BCUT2D eigenvalue weighted by Crippen LogP contribution is -2.21. The molecule has 1 aromatic heterocycles. The molecule has 0 saturated carbocycles. The lowest BCUT2D eigenvalue weighted by atomic mass is 10.2. The van der Waals surface area contributed by atoms with E-state index >= 15 is 0 Å². The number of amides is 1. The van der Waals surface area contributed by atoms with Crippen LogP contribution in [0.25, 0.3) is 10.4 Å². The van der Waals surface area contributed by atoms with Gasteiger partial charge >= 0.3 is 0 Å². The molecular weight excluding hydrogens is 292 g/mol. The first-order chi connectivity index (χ1) is 10.7. The number of nitrogens with two attached hydrogens (primary N) is 1. The Morgan fingerprint density at radius 3 is 2.59 bits per heavy atom. The minimum atomic E-state index is -0.0606. The summed E-state index contributed by atoms with van der Waals surface area (Å²) in [4.78, 5) is 14.0. The number of thiophene rings is 1. The first-order valence-electron chi connectivity index (χ1n) is 7.00. The minimum Gasteiger partial charge on any atom is -0.399 e. The van der Waals surface area contributed by atoms with Gasteiger partial charge in [-0.15, -0.1) is 11.3 Å². The lowest BCUT2D eigenvalue weighted by molar-refractivity contribution is 0.0955. The maximum Gasteiger partial charge on any atom is 0.261 e. The van der Waals surface area contributed by atoms with Crippen LogP contribution in [0.3, 0.4) is 0 Å². The highest BCUT2D eigenvalue weighted by Crippen LogP contribution is 2.27. The number of rotatable bonds is 4. The van der Waals surface area contributed by atoms with Gasteiger partial charge in [-0.2, -0.15) is 0 Å². The first-order valence-corrected chi connectivity index (χ1v) is 7.82. The molecule has 0 radical (unpaired) electrons. The van der Waals surface area contributed by atoms with E-state index in [9.17, 15) is 4.79 Å². The largest absolute Gasteiger partial charge is 0.399 e. The number of nitrogens with one attached hydrogen (secondary N) is 1. The third kappa shape index (κ3) is 3.35. The highest BCUT2D eigenvalue weighted by atomic mass is 32.1. The fourth-order valence-corrected chi connectivity index (χ4v) is 3.12. The molecule has 2 aromatic carbocycles. The number of nitrogen functional groups attached to an aromatic ring is 1. The predicted molar refractivity (Wildman–Crippen MR) is 91.8 cm³/mol. The van der Waals surface area contributed by atoms with E-state index in [-0.39, 0.29) is 5.91 Å². The Hall–Kier alpha value is -2.59. The molecule has 3 aromatic rings. The van der Waals surface area contributed by atoms with Crippen molar-refractivity contribution in [2.24, 2.45) is 0 Å². The Morgan fingerprint density at radius 2 is 1.82 bits per heavy atom. The van der Waals surface area contributed by atoms with Crippen molar-refractivity contribution in [3.05, 3.63) is 77.2 Å². The summed E-state index contributed by atoms with van der Waals surface area (Å²) >= 11 is 1.50. The van der Waals surface area contributed by atoms with Crippen molar-refractivity contribution in [2.75, 3.05) is 5.73 Å². The van der Waals surface area contributed by atoms with Gasteiger partial charge in [-0.3, -0.25) is 4.79 Å². The van der Waals surface area contributed by atoms with Crippen LogP contribution in [0.5, 0.6) is 0 Å². The highest BCUT2D eigenvalue weighted by Gasteiger charge is 2.10. The van der Waals surface area contributed by atoms with Gasteiger partial charge in [-0.05, 0) is 35.4 Å². The van der Waals surface area contributed by atoms with Crippen molar-refractivity contribution >= 4 is 22.9 Å². The second-order valence-electron chi connectivity index (χ2n) is 4.96. The van der Waals surface area contributed by atoms with Crippen molar-refractivity contribution in [2.45, 2.75) is 6.54 Å². The van der Waals surface area contributed by atoms with E-state index in [0.717, 1.165) is 16.0 Å². The molecule has 22 heavy (non-hydrogen) atoms. The summed E-state index contributed by atoms with van der Waals surface area (Å²) in [6, 6.07) is 21.4. The van der Waals surface area contributed by atoms with Crippen LogP contribution < -0.4 is 11.1 Å². The topological polar surface area (TPSA) is 55.1 Å². The van der Waals surface area contributed by atoms with E-state index in [4.69, 9.17) is 5.73 Å². The summed E-state index contributed by atoms with van der Waals surface area (Å²) < 4.78 is 0. The Kier molecular flexibility index (Phi) is 4.21. The molecule has 0 fully saturated rings. The molecule has 110 valence electrons. The van der Waals surface area contributed by atoms with Gasteiger partial charge < -0.3 is 11.1 Å². The number of hydrogen-bond acceptors (Lipinski definition) is 3. The molecule has 3 N–H and O–H groups in total. The van der Waals surface area contributed by atoms with E-state index < -0.39 is 0 Å². The molecule has 0 spiro atoms. The van der Waals surface area contributed by atoms with Crippen molar-refractivity contribution in [3.8, 4) is 10.4 Å². The van der Waals surface area contributed by atoms with E-state index in [2.05, 4.69) is 5.32 Å². The van der Waals surface area contributed by atoms with Crippen LogP contribution >= 0.6 is 11.3 Å². The summed E-state index contributed by atoms with van der Waals surface area (Å²) in [5.41, 5.74) is 8.56. The minimum absolute atomic E-state index is 0.0606. The molecular formula is C18H16N2OS. The fraction of sp³-hybridized carbons (Fsp3) is 0.0556. The Morgan fingerprint density at radius 1 is 1.00 bits per heavy atom. The number of hydrogen-bond donors (Lipinski definition) is 2. The summed E-state index contributed by atoms with van der Waals surface area (Å²) in [5.74, 6) is -0.0606. The second-order valence-corrected chi connectivity index (χ2v) is 6.04. The fourth-order valence-electron chi connectivity index (χ4n) is 2.19. The SMILES string of the molecule is Nc1cccc(CNC(=O)c2ccc(-c3ccccc3)s2)c1. The van der Waals surface area contributed by atoms with Gasteiger partial charge in [0, 0.05) is 17.1 Å². The van der Waals surface area contributed by atoms with Gasteiger partial charge in [-0.1, -0.05) is 42.5 Å². The zero-order valence-corrected chi connectivity index (χ0v) is 12.8. The zero-order valence-electron chi connectivity index (χ0n) is 12.0. The molecule has 0 bridgehead atoms. The quantitative estimate of drug-likeness (QED) is 0.718. The van der Waals surface area contributed by atoms with Gasteiger partial charge in [-0.25, -0.2) is 0 Å². The van der Waals surface area contributed by atoms with E-state index in [0.29, 0.717) is 17.1 Å². The molecule has 3 nitrogen and oxygen atoms in total. The highest BCUT2D eigenvalue weighted by molar-refractivity contribution is 7.17. The van der Waals surface area contributed by atoms with E-state index in [1.54, 1.807) is 0 Å². The van der Waals surface area contributed by atoms with Crippen LogP contribution in [0.4, 0.5) is 5.69 Å². The normalized spacial score (nSPS) is 10.4. The molecule has 0 aliphatic rings. The van der Waals surface area contributed by atoms with Gasteiger partial charge in [0.15, 0.2) is 0 Å². The van der Waals surface area contributed by atoms with Crippen molar-refractivity contribution in [3.63, 3.8) is 0 Å². The zero-order chi connectivity index (χ0) is 15.4. The molecule has 0 unspecified atom stereocenters. The Labute approximate surface area is 133 Å². The third-order valence-corrected chi connectivity index (χ3v) is 4.43. The number of carbonyl (C=O) groups excluding carboxylic acids is 1. The van der Waals surface area contributed by atoms with Crippen molar-refractivity contribution < 1.29 is 4.79 Å². The van der Waals surface area contributed by atoms with Gasteiger partial charge in [0.2, 0.25) is 0 Å². The standard InChI is InChI=1S/C18H16N2OS/c19-15-8-4-5-13(11-15)12-20-18(21)17-10-9-16(22-17)14-6-2-1-3-7-14/h1-11H,12,19H2,(H,20,21). The van der Waals surface area contributed by atoms with Gasteiger partial charge in [0.1, 0.15) is 0 Å². The van der Waals surface area contributed by atoms with Crippen LogP contribution in [-0.2, 0) is 6.54 Å². The molecule has 1 amide bonds.